The molecule has 0 saturated carbocycles. The van der Waals surface area contributed by atoms with Crippen molar-refractivity contribution in [1.82, 2.24) is 4.98 Å². The summed E-state index contributed by atoms with van der Waals surface area (Å²) < 4.78 is 5.19. The van der Waals surface area contributed by atoms with Crippen molar-refractivity contribution in [2.24, 2.45) is 0 Å². The number of pyridine rings is 1. The largest absolute Gasteiger partial charge is 0.444 e. The average Bonchev–Trinajstić information content (AvgIpc) is 2.53. The van der Waals surface area contributed by atoms with Gasteiger partial charge in [-0.05, 0) is 56.9 Å². The molecule has 0 unspecified atom stereocenters. The van der Waals surface area contributed by atoms with E-state index in [4.69, 9.17) is 4.74 Å². The number of nitrogens with one attached hydrogen (secondary N) is 1. The van der Waals surface area contributed by atoms with E-state index in [1.807, 2.05) is 30.5 Å². The van der Waals surface area contributed by atoms with Gasteiger partial charge < -0.3 is 4.74 Å². The molecule has 0 aliphatic carbocycles. The number of aromatic nitrogens is 1. The first-order chi connectivity index (χ1) is 11.8. The first kappa shape index (κ1) is 19.0. The third-order valence-corrected chi connectivity index (χ3v) is 3.97. The van der Waals surface area contributed by atoms with E-state index in [9.17, 15) is 9.59 Å². The van der Waals surface area contributed by atoms with Crippen molar-refractivity contribution < 1.29 is 14.3 Å². The average molecular weight is 358 g/mol. The number of hydrogen-bond donors (Lipinski definition) is 1. The molecule has 0 atom stereocenters. The van der Waals surface area contributed by atoms with Crippen molar-refractivity contribution in [3.05, 3.63) is 53.7 Å². The molecule has 1 aromatic carbocycles. The fourth-order valence-electron chi connectivity index (χ4n) is 2.13. The maximum Gasteiger partial charge on any atom is 0.413 e. The van der Waals surface area contributed by atoms with Gasteiger partial charge in [0, 0.05) is 23.1 Å². The van der Waals surface area contributed by atoms with Crippen LogP contribution in [0.15, 0.2) is 47.5 Å². The van der Waals surface area contributed by atoms with Gasteiger partial charge in [0.05, 0.1) is 0 Å². The molecular weight excluding hydrogens is 336 g/mol. The molecule has 1 N–H and O–H groups in total. The summed E-state index contributed by atoms with van der Waals surface area (Å²) in [6.45, 7) is 5.37. The second-order valence-corrected chi connectivity index (χ2v) is 7.38. The second-order valence-electron chi connectivity index (χ2n) is 6.50. The quantitative estimate of drug-likeness (QED) is 0.626. The molecule has 1 aromatic heterocycles. The van der Waals surface area contributed by atoms with Crippen molar-refractivity contribution in [2.45, 2.75) is 37.7 Å². The molecule has 0 fully saturated rings. The number of ketones is 1. The summed E-state index contributed by atoms with van der Waals surface area (Å²) in [4.78, 5) is 29.4. The highest BCUT2D eigenvalue weighted by molar-refractivity contribution is 7.98. The monoisotopic (exact) mass is 358 g/mol. The van der Waals surface area contributed by atoms with Gasteiger partial charge in [0.1, 0.15) is 11.4 Å². The van der Waals surface area contributed by atoms with E-state index in [0.29, 0.717) is 11.4 Å². The third-order valence-electron chi connectivity index (χ3n) is 3.23. The molecule has 1 heterocycles. The molecule has 5 nitrogen and oxygen atoms in total. The van der Waals surface area contributed by atoms with Crippen molar-refractivity contribution in [1.29, 1.82) is 0 Å². The van der Waals surface area contributed by atoms with Gasteiger partial charge in [-0.25, -0.2) is 9.78 Å². The predicted octanol–water partition coefficient (Wildman–Crippen LogP) is 4.58. The van der Waals surface area contributed by atoms with Gasteiger partial charge in [-0.3, -0.25) is 10.1 Å². The summed E-state index contributed by atoms with van der Waals surface area (Å²) in [6.07, 6.45) is 3.22. The maximum absolute atomic E-state index is 12.4. The predicted molar refractivity (Wildman–Crippen MR) is 100 cm³/mol. The van der Waals surface area contributed by atoms with E-state index >= 15 is 0 Å². The Morgan fingerprint density at radius 3 is 2.44 bits per heavy atom. The number of nitrogens with zero attached hydrogens (tertiary/aromatic N) is 1. The van der Waals surface area contributed by atoms with E-state index < -0.39 is 11.7 Å². The first-order valence-corrected chi connectivity index (χ1v) is 9.11. The molecule has 25 heavy (non-hydrogen) atoms. The first-order valence-electron chi connectivity index (χ1n) is 7.89. The smallest absolute Gasteiger partial charge is 0.413 e. The summed E-state index contributed by atoms with van der Waals surface area (Å²) in [7, 11) is 0. The Labute approximate surface area is 152 Å². The highest BCUT2D eigenvalue weighted by Gasteiger charge is 2.17. The summed E-state index contributed by atoms with van der Waals surface area (Å²) >= 11 is 1.63. The van der Waals surface area contributed by atoms with Gasteiger partial charge in [0.25, 0.3) is 0 Å². The zero-order valence-corrected chi connectivity index (χ0v) is 15.6. The number of benzene rings is 1. The lowest BCUT2D eigenvalue weighted by molar-refractivity contribution is 0.0635. The summed E-state index contributed by atoms with van der Waals surface area (Å²) in [5.74, 6) is 0.374. The van der Waals surface area contributed by atoms with Crippen LogP contribution in [0.2, 0.25) is 0 Å². The van der Waals surface area contributed by atoms with E-state index in [1.165, 1.54) is 0 Å². The van der Waals surface area contributed by atoms with Crippen molar-refractivity contribution in [3.8, 4) is 0 Å². The van der Waals surface area contributed by atoms with Gasteiger partial charge in [0.15, 0.2) is 5.78 Å². The topological polar surface area (TPSA) is 68.3 Å². The van der Waals surface area contributed by atoms with Gasteiger partial charge in [0.2, 0.25) is 0 Å². The third kappa shape index (κ3) is 6.23. The minimum absolute atomic E-state index is 0.0158. The lowest BCUT2D eigenvalue weighted by Crippen LogP contribution is -2.27. The molecule has 0 aliphatic rings. The van der Waals surface area contributed by atoms with Gasteiger partial charge in [-0.1, -0.05) is 12.1 Å². The molecular formula is C19H22N2O3S. The minimum Gasteiger partial charge on any atom is -0.444 e. The number of carbonyl (C=O) groups is 2. The second kappa shape index (κ2) is 8.16. The number of amides is 1. The number of carbonyl (C=O) groups excluding carboxylic acids is 2. The number of Topliss-reactive ketones (excluding diaryl/α,β-unsaturated/α-hetero) is 1. The van der Waals surface area contributed by atoms with E-state index in [1.54, 1.807) is 50.9 Å². The molecule has 0 saturated heterocycles. The minimum atomic E-state index is -0.583. The standard InChI is InChI=1S/C19H22N2O3S/c1-19(2,3)24-18(23)21-17-12-13(9-10-20-17)11-16(22)14-5-7-15(25-4)8-6-14/h5-10,12H,11H2,1-4H3,(H,20,21,23). The van der Waals surface area contributed by atoms with E-state index in [2.05, 4.69) is 10.3 Å². The van der Waals surface area contributed by atoms with Crippen LogP contribution < -0.4 is 5.32 Å². The van der Waals surface area contributed by atoms with Crippen molar-refractivity contribution in [3.63, 3.8) is 0 Å². The van der Waals surface area contributed by atoms with Crippen LogP contribution in [-0.2, 0) is 11.2 Å². The Morgan fingerprint density at radius 2 is 1.84 bits per heavy atom. The molecule has 0 radical (unpaired) electrons. The number of hydrogen-bond acceptors (Lipinski definition) is 5. The normalized spacial score (nSPS) is 11.0. The van der Waals surface area contributed by atoms with Gasteiger partial charge in [-0.2, -0.15) is 0 Å². The molecule has 0 aliphatic heterocycles. The molecule has 6 heteroatoms. The van der Waals surface area contributed by atoms with Crippen LogP contribution in [0, 0.1) is 0 Å². The van der Waals surface area contributed by atoms with Crippen LogP contribution in [-0.4, -0.2) is 28.7 Å². The molecule has 132 valence electrons. The Balaban J connectivity index is 2.02. The summed E-state index contributed by atoms with van der Waals surface area (Å²) in [5, 5.41) is 2.58. The maximum atomic E-state index is 12.4. The Hall–Kier alpha value is -2.34. The number of ether oxygens (including phenoxy) is 1. The van der Waals surface area contributed by atoms with Crippen LogP contribution in [0.1, 0.15) is 36.7 Å². The zero-order chi connectivity index (χ0) is 18.4. The lowest BCUT2D eigenvalue weighted by atomic mass is 10.0. The van der Waals surface area contributed by atoms with Crippen LogP contribution in [0.3, 0.4) is 0 Å². The summed E-state index contributed by atoms with van der Waals surface area (Å²) in [5.41, 5.74) is 0.858. The van der Waals surface area contributed by atoms with Gasteiger partial charge in [-0.15, -0.1) is 11.8 Å². The van der Waals surface area contributed by atoms with Crippen molar-refractivity contribution >= 4 is 29.5 Å². The fourth-order valence-corrected chi connectivity index (χ4v) is 2.53. The Bertz CT molecular complexity index is 752. The van der Waals surface area contributed by atoms with E-state index in [-0.39, 0.29) is 12.2 Å². The Kier molecular flexibility index (Phi) is 6.20. The van der Waals surface area contributed by atoms with Crippen LogP contribution in [0.4, 0.5) is 10.6 Å². The van der Waals surface area contributed by atoms with Crippen LogP contribution >= 0.6 is 11.8 Å². The van der Waals surface area contributed by atoms with Gasteiger partial charge >= 0.3 is 6.09 Å². The lowest BCUT2D eigenvalue weighted by Gasteiger charge is -2.19. The number of anilines is 1. The highest BCUT2D eigenvalue weighted by Crippen LogP contribution is 2.17. The van der Waals surface area contributed by atoms with Crippen LogP contribution in [0.5, 0.6) is 0 Å². The number of rotatable bonds is 5. The van der Waals surface area contributed by atoms with Crippen molar-refractivity contribution in [2.75, 3.05) is 11.6 Å². The SMILES string of the molecule is CSc1ccc(C(=O)Cc2ccnc(NC(=O)OC(C)(C)C)c2)cc1. The molecule has 1 amide bonds. The summed E-state index contributed by atoms with van der Waals surface area (Å²) in [6, 6.07) is 11.0. The molecule has 2 aromatic rings. The molecule has 0 spiro atoms. The Morgan fingerprint density at radius 1 is 1.16 bits per heavy atom. The molecule has 0 bridgehead atoms. The number of thioether (sulfide) groups is 1. The molecule has 2 rings (SSSR count). The van der Waals surface area contributed by atoms with Crippen LogP contribution in [0.25, 0.3) is 0 Å². The fraction of sp³-hybridized carbons (Fsp3) is 0.316. The van der Waals surface area contributed by atoms with E-state index in [0.717, 1.165) is 10.5 Å². The zero-order valence-electron chi connectivity index (χ0n) is 14.8. The highest BCUT2D eigenvalue weighted by atomic mass is 32.2.